The summed E-state index contributed by atoms with van der Waals surface area (Å²) >= 11 is 0. The van der Waals surface area contributed by atoms with Crippen LogP contribution in [0.2, 0.25) is 0 Å². The van der Waals surface area contributed by atoms with Gasteiger partial charge in [-0.15, -0.1) is 0 Å². The standard InChI is InChI=1S/C28H36N2O2/c1-4-5-19-6-8-20(9-7-19)22-10-11-24-23(16-22)17-28(2,3)26(24)30(27(31)32)25-18-29-14-12-21(25)13-15-29/h6-11,16,21,25-26H,4-5,12-15,17-18H2,1-3H3,(H,31,32)/t25-,26+/m1/s1. The highest BCUT2D eigenvalue weighted by molar-refractivity contribution is 5.69. The van der Waals surface area contributed by atoms with Gasteiger partial charge in [-0.1, -0.05) is 69.7 Å². The molecule has 2 bridgehead atoms. The van der Waals surface area contributed by atoms with Gasteiger partial charge in [0, 0.05) is 6.54 Å². The number of piperidine rings is 3. The van der Waals surface area contributed by atoms with Crippen LogP contribution < -0.4 is 0 Å². The molecule has 2 aromatic carbocycles. The summed E-state index contributed by atoms with van der Waals surface area (Å²) in [5, 5.41) is 10.4. The molecular formula is C28H36N2O2. The molecule has 0 radical (unpaired) electrons. The number of hydrogen-bond acceptors (Lipinski definition) is 2. The van der Waals surface area contributed by atoms with E-state index in [1.54, 1.807) is 0 Å². The first-order valence-corrected chi connectivity index (χ1v) is 12.3. The summed E-state index contributed by atoms with van der Waals surface area (Å²) in [4.78, 5) is 16.9. The van der Waals surface area contributed by atoms with Crippen molar-refractivity contribution in [3.8, 4) is 11.1 Å². The fourth-order valence-corrected chi connectivity index (χ4v) is 6.59. The van der Waals surface area contributed by atoms with Crippen LogP contribution in [0.3, 0.4) is 0 Å². The number of rotatable bonds is 5. The van der Waals surface area contributed by atoms with Crippen molar-refractivity contribution in [1.82, 2.24) is 9.80 Å². The summed E-state index contributed by atoms with van der Waals surface area (Å²) in [5.41, 5.74) is 6.25. The molecule has 4 heteroatoms. The summed E-state index contributed by atoms with van der Waals surface area (Å²) in [5.74, 6) is 0.497. The van der Waals surface area contributed by atoms with Gasteiger partial charge in [-0.3, -0.25) is 4.90 Å². The van der Waals surface area contributed by atoms with Crippen LogP contribution in [0.5, 0.6) is 0 Å². The Bertz CT molecular complexity index is 989. The minimum Gasteiger partial charge on any atom is -0.465 e. The first kappa shape index (κ1) is 21.5. The molecule has 0 saturated carbocycles. The minimum absolute atomic E-state index is 0.0819. The van der Waals surface area contributed by atoms with Gasteiger partial charge in [0.2, 0.25) is 0 Å². The van der Waals surface area contributed by atoms with E-state index in [1.165, 1.54) is 27.8 Å². The minimum atomic E-state index is -0.759. The van der Waals surface area contributed by atoms with Gasteiger partial charge in [0.05, 0.1) is 12.1 Å². The highest BCUT2D eigenvalue weighted by Gasteiger charge is 2.50. The molecule has 3 aliphatic heterocycles. The maximum atomic E-state index is 12.6. The predicted molar refractivity (Wildman–Crippen MR) is 129 cm³/mol. The maximum absolute atomic E-state index is 12.6. The van der Waals surface area contributed by atoms with Crippen molar-refractivity contribution >= 4 is 6.09 Å². The van der Waals surface area contributed by atoms with Crippen LogP contribution in [0.15, 0.2) is 42.5 Å². The molecular weight excluding hydrogens is 396 g/mol. The highest BCUT2D eigenvalue weighted by Crippen LogP contribution is 2.51. The normalized spacial score (nSPS) is 27.8. The Kier molecular flexibility index (Phi) is 5.53. The molecule has 3 saturated heterocycles. The Balaban J connectivity index is 1.48. The second-order valence-electron chi connectivity index (χ2n) is 10.8. The molecule has 1 amide bonds. The molecule has 1 N–H and O–H groups in total. The number of hydrogen-bond donors (Lipinski definition) is 1. The summed E-state index contributed by atoms with van der Waals surface area (Å²) in [6, 6.07) is 15.7. The van der Waals surface area contributed by atoms with E-state index in [9.17, 15) is 9.90 Å². The first-order valence-electron chi connectivity index (χ1n) is 12.3. The van der Waals surface area contributed by atoms with Gasteiger partial charge in [-0.25, -0.2) is 4.79 Å². The SMILES string of the molecule is CCCc1ccc(-c2ccc3c(c2)CC(C)(C)[C@H]3N(C(=O)O)[C@@H]2CN3CCC2CC3)cc1. The number of nitrogens with zero attached hydrogens (tertiary/aromatic N) is 2. The molecule has 0 spiro atoms. The van der Waals surface area contributed by atoms with Crippen LogP contribution in [-0.2, 0) is 12.8 Å². The van der Waals surface area contributed by atoms with Crippen LogP contribution in [-0.4, -0.2) is 46.7 Å². The summed E-state index contributed by atoms with van der Waals surface area (Å²) < 4.78 is 0. The van der Waals surface area contributed by atoms with E-state index in [1.807, 2.05) is 4.90 Å². The Labute approximate surface area is 192 Å². The fourth-order valence-electron chi connectivity index (χ4n) is 6.59. The molecule has 2 aromatic rings. The van der Waals surface area contributed by atoms with Gasteiger partial charge in [0.1, 0.15) is 0 Å². The van der Waals surface area contributed by atoms with E-state index in [-0.39, 0.29) is 17.5 Å². The van der Waals surface area contributed by atoms with Crippen LogP contribution >= 0.6 is 0 Å². The second kappa shape index (κ2) is 8.22. The molecule has 4 aliphatic rings. The lowest BCUT2D eigenvalue weighted by molar-refractivity contribution is -0.0267. The average molecular weight is 433 g/mol. The fraction of sp³-hybridized carbons (Fsp3) is 0.536. The Hall–Kier alpha value is -2.33. The summed E-state index contributed by atoms with van der Waals surface area (Å²) in [6.07, 6.45) is 4.69. The van der Waals surface area contributed by atoms with Gasteiger partial charge >= 0.3 is 6.09 Å². The number of carbonyl (C=O) groups is 1. The number of carboxylic acid groups (broad SMARTS) is 1. The quantitative estimate of drug-likeness (QED) is 0.630. The van der Waals surface area contributed by atoms with Crippen LogP contribution in [0.1, 0.15) is 62.8 Å². The van der Waals surface area contributed by atoms with E-state index < -0.39 is 6.09 Å². The molecule has 1 aliphatic carbocycles. The highest BCUT2D eigenvalue weighted by atomic mass is 16.4. The van der Waals surface area contributed by atoms with Crippen molar-refractivity contribution in [3.05, 3.63) is 59.2 Å². The van der Waals surface area contributed by atoms with Crippen LogP contribution in [0.25, 0.3) is 11.1 Å². The average Bonchev–Trinajstić information content (AvgIpc) is 3.04. The van der Waals surface area contributed by atoms with Crippen molar-refractivity contribution in [3.63, 3.8) is 0 Å². The Morgan fingerprint density at radius 2 is 1.78 bits per heavy atom. The maximum Gasteiger partial charge on any atom is 0.408 e. The van der Waals surface area contributed by atoms with Gasteiger partial charge in [0.25, 0.3) is 0 Å². The van der Waals surface area contributed by atoms with Crippen molar-refractivity contribution in [1.29, 1.82) is 0 Å². The number of amides is 1. The van der Waals surface area contributed by atoms with Gasteiger partial charge in [-0.2, -0.15) is 0 Å². The van der Waals surface area contributed by atoms with Gasteiger partial charge in [-0.05, 0) is 77.9 Å². The van der Waals surface area contributed by atoms with E-state index in [2.05, 4.69) is 68.1 Å². The summed E-state index contributed by atoms with van der Waals surface area (Å²) in [7, 11) is 0. The summed E-state index contributed by atoms with van der Waals surface area (Å²) in [6.45, 7) is 9.84. The van der Waals surface area contributed by atoms with Crippen molar-refractivity contribution in [2.24, 2.45) is 11.3 Å². The second-order valence-corrected chi connectivity index (χ2v) is 10.8. The smallest absolute Gasteiger partial charge is 0.408 e. The van der Waals surface area contributed by atoms with E-state index in [0.717, 1.165) is 51.7 Å². The lowest BCUT2D eigenvalue weighted by Crippen LogP contribution is -2.60. The largest absolute Gasteiger partial charge is 0.465 e. The predicted octanol–water partition coefficient (Wildman–Crippen LogP) is 6.00. The van der Waals surface area contributed by atoms with E-state index in [4.69, 9.17) is 0 Å². The third kappa shape index (κ3) is 3.73. The third-order valence-electron chi connectivity index (χ3n) is 8.13. The zero-order valence-electron chi connectivity index (χ0n) is 19.7. The third-order valence-corrected chi connectivity index (χ3v) is 8.13. The molecule has 170 valence electrons. The van der Waals surface area contributed by atoms with Crippen molar-refractivity contribution < 1.29 is 9.90 Å². The Morgan fingerprint density at radius 1 is 1.09 bits per heavy atom. The number of aryl methyl sites for hydroxylation is 1. The molecule has 2 atom stereocenters. The molecule has 6 rings (SSSR count). The molecule has 3 fully saturated rings. The van der Waals surface area contributed by atoms with Crippen molar-refractivity contribution in [2.45, 2.75) is 65.0 Å². The molecule has 32 heavy (non-hydrogen) atoms. The zero-order valence-corrected chi connectivity index (χ0v) is 19.7. The number of benzene rings is 2. The van der Waals surface area contributed by atoms with Crippen LogP contribution in [0.4, 0.5) is 4.79 Å². The lowest BCUT2D eigenvalue weighted by atomic mass is 9.79. The Morgan fingerprint density at radius 3 is 2.38 bits per heavy atom. The molecule has 4 nitrogen and oxygen atoms in total. The van der Waals surface area contributed by atoms with Crippen LogP contribution in [0, 0.1) is 11.3 Å². The first-order chi connectivity index (χ1) is 15.4. The van der Waals surface area contributed by atoms with Gasteiger partial charge in [0.15, 0.2) is 0 Å². The van der Waals surface area contributed by atoms with Gasteiger partial charge < -0.3 is 10.0 Å². The zero-order chi connectivity index (χ0) is 22.5. The lowest BCUT2D eigenvalue weighted by Gasteiger charge is -2.51. The number of fused-ring (bicyclic) bond motifs is 4. The van der Waals surface area contributed by atoms with E-state index in [0.29, 0.717) is 5.92 Å². The monoisotopic (exact) mass is 432 g/mol. The van der Waals surface area contributed by atoms with E-state index >= 15 is 0 Å². The topological polar surface area (TPSA) is 43.8 Å². The molecule has 0 unspecified atom stereocenters. The van der Waals surface area contributed by atoms with Crippen molar-refractivity contribution in [2.75, 3.05) is 19.6 Å². The molecule has 0 aromatic heterocycles. The molecule has 3 heterocycles.